The van der Waals surface area contributed by atoms with E-state index in [-0.39, 0.29) is 11.1 Å². The van der Waals surface area contributed by atoms with Crippen molar-refractivity contribution >= 4 is 34.2 Å². The molecule has 1 heterocycles. The maximum Gasteiger partial charge on any atom is 0.330 e. The van der Waals surface area contributed by atoms with Crippen molar-refractivity contribution in [2.75, 3.05) is 5.73 Å². The fourth-order valence-corrected chi connectivity index (χ4v) is 2.31. The van der Waals surface area contributed by atoms with Gasteiger partial charge < -0.3 is 10.6 Å². The molecule has 0 aromatic heterocycles. The summed E-state index contributed by atoms with van der Waals surface area (Å²) in [4.78, 5) is 40.2. The Morgan fingerprint density at radius 3 is 2.40 bits per heavy atom. The first-order valence-electron chi connectivity index (χ1n) is 5.89. The van der Waals surface area contributed by atoms with Crippen LogP contribution < -0.4 is 5.73 Å². The number of carbonyl (C=O) groups is 3. The molecule has 2 aromatic carbocycles. The van der Waals surface area contributed by atoms with Crippen LogP contribution in [-0.2, 0) is 9.63 Å². The molecule has 0 saturated carbocycles. The van der Waals surface area contributed by atoms with E-state index in [1.54, 1.807) is 24.3 Å². The highest BCUT2D eigenvalue weighted by Gasteiger charge is 2.35. The lowest BCUT2D eigenvalue weighted by molar-refractivity contribution is -0.166. The number of rotatable bonds is 1. The summed E-state index contributed by atoms with van der Waals surface area (Å²) in [7, 11) is 0. The summed E-state index contributed by atoms with van der Waals surface area (Å²) in [5.41, 5.74) is 6.90. The van der Waals surface area contributed by atoms with Crippen LogP contribution in [0.15, 0.2) is 30.3 Å². The Morgan fingerprint density at radius 1 is 1.10 bits per heavy atom. The lowest BCUT2D eigenvalue weighted by Gasteiger charge is -2.25. The highest BCUT2D eigenvalue weighted by atomic mass is 16.7. The third-order valence-electron chi connectivity index (χ3n) is 3.12. The fraction of sp³-hybridized carbons (Fsp3) is 0.0714. The Hall–Kier alpha value is -2.89. The summed E-state index contributed by atoms with van der Waals surface area (Å²) < 4.78 is 0. The first kappa shape index (κ1) is 12.2. The molecule has 0 bridgehead atoms. The number of hydroxylamine groups is 2. The standard InChI is InChI=1S/C14H10N2O4/c1-7(17)20-16-13(18)9-4-2-3-8-11(15)6-5-10(12(8)9)14(16)19/h2-6H,15H2,1H3. The predicted octanol–water partition coefficient (Wildman–Crippen LogP) is 1.50. The van der Waals surface area contributed by atoms with Gasteiger partial charge >= 0.3 is 5.97 Å². The number of amides is 2. The largest absolute Gasteiger partial charge is 0.398 e. The van der Waals surface area contributed by atoms with Crippen molar-refractivity contribution in [3.8, 4) is 0 Å². The number of nitrogen functional groups attached to an aromatic ring is 1. The molecule has 0 radical (unpaired) electrons. The van der Waals surface area contributed by atoms with Crippen LogP contribution in [0.3, 0.4) is 0 Å². The van der Waals surface area contributed by atoms with E-state index in [0.717, 1.165) is 6.92 Å². The Bertz CT molecular complexity index is 760. The van der Waals surface area contributed by atoms with Crippen LogP contribution in [0.4, 0.5) is 5.69 Å². The smallest absolute Gasteiger partial charge is 0.330 e. The van der Waals surface area contributed by atoms with E-state index in [2.05, 4.69) is 0 Å². The molecular weight excluding hydrogens is 260 g/mol. The molecule has 2 aromatic rings. The Labute approximate surface area is 113 Å². The number of benzene rings is 2. The minimum Gasteiger partial charge on any atom is -0.398 e. The molecule has 2 N–H and O–H groups in total. The van der Waals surface area contributed by atoms with Crippen LogP contribution in [0.2, 0.25) is 0 Å². The van der Waals surface area contributed by atoms with E-state index in [1.807, 2.05) is 0 Å². The SMILES string of the molecule is CC(=O)ON1C(=O)c2cccc3c(N)ccc(c23)C1=O. The summed E-state index contributed by atoms with van der Waals surface area (Å²) >= 11 is 0. The van der Waals surface area contributed by atoms with Crippen molar-refractivity contribution in [2.24, 2.45) is 0 Å². The summed E-state index contributed by atoms with van der Waals surface area (Å²) in [6.07, 6.45) is 0. The number of hydrogen-bond acceptors (Lipinski definition) is 5. The van der Waals surface area contributed by atoms with Gasteiger partial charge in [0.2, 0.25) is 0 Å². The second kappa shape index (κ2) is 4.06. The molecule has 6 nitrogen and oxygen atoms in total. The molecule has 0 atom stereocenters. The highest BCUT2D eigenvalue weighted by molar-refractivity contribution is 6.26. The third-order valence-corrected chi connectivity index (χ3v) is 3.12. The van der Waals surface area contributed by atoms with Crippen molar-refractivity contribution in [1.29, 1.82) is 0 Å². The minimum absolute atomic E-state index is 0.283. The molecule has 1 aliphatic rings. The summed E-state index contributed by atoms with van der Waals surface area (Å²) in [6.45, 7) is 1.12. The van der Waals surface area contributed by atoms with Crippen LogP contribution in [0.1, 0.15) is 27.6 Å². The van der Waals surface area contributed by atoms with Gasteiger partial charge in [0, 0.05) is 23.4 Å². The topological polar surface area (TPSA) is 89.7 Å². The second-order valence-corrected chi connectivity index (χ2v) is 4.42. The van der Waals surface area contributed by atoms with Crippen molar-refractivity contribution in [3.63, 3.8) is 0 Å². The first-order valence-corrected chi connectivity index (χ1v) is 5.89. The summed E-state index contributed by atoms with van der Waals surface area (Å²) in [5.74, 6) is -2.08. The molecule has 0 spiro atoms. The average molecular weight is 270 g/mol. The number of imide groups is 1. The van der Waals surface area contributed by atoms with Gasteiger partial charge in [0.25, 0.3) is 11.8 Å². The molecule has 0 aliphatic carbocycles. The predicted molar refractivity (Wildman–Crippen MR) is 70.6 cm³/mol. The zero-order valence-corrected chi connectivity index (χ0v) is 10.5. The van der Waals surface area contributed by atoms with Gasteiger partial charge in [0.05, 0.1) is 11.1 Å². The molecule has 2 amide bonds. The molecule has 1 aliphatic heterocycles. The van der Waals surface area contributed by atoms with Gasteiger partial charge in [-0.25, -0.2) is 4.79 Å². The number of anilines is 1. The second-order valence-electron chi connectivity index (χ2n) is 4.42. The van der Waals surface area contributed by atoms with Crippen LogP contribution >= 0.6 is 0 Å². The zero-order valence-electron chi connectivity index (χ0n) is 10.5. The molecule has 20 heavy (non-hydrogen) atoms. The lowest BCUT2D eigenvalue weighted by atomic mass is 9.94. The molecule has 6 heteroatoms. The summed E-state index contributed by atoms with van der Waals surface area (Å²) in [5, 5.41) is 1.60. The van der Waals surface area contributed by atoms with Crippen LogP contribution in [0.25, 0.3) is 10.8 Å². The van der Waals surface area contributed by atoms with Crippen molar-refractivity contribution in [3.05, 3.63) is 41.5 Å². The maximum absolute atomic E-state index is 12.2. The molecule has 0 saturated heterocycles. The average Bonchev–Trinajstić information content (AvgIpc) is 2.42. The highest BCUT2D eigenvalue weighted by Crippen LogP contribution is 2.33. The van der Waals surface area contributed by atoms with Gasteiger partial charge in [-0.05, 0) is 18.2 Å². The quantitative estimate of drug-likeness (QED) is 0.626. The molecule has 0 unspecified atom stereocenters. The van der Waals surface area contributed by atoms with Crippen molar-refractivity contribution in [2.45, 2.75) is 6.92 Å². The third kappa shape index (κ3) is 1.55. The van der Waals surface area contributed by atoms with Crippen LogP contribution in [-0.4, -0.2) is 22.8 Å². The molecule has 100 valence electrons. The van der Waals surface area contributed by atoms with Gasteiger partial charge in [-0.15, -0.1) is 0 Å². The normalized spacial score (nSPS) is 13.8. The first-order chi connectivity index (χ1) is 9.50. The lowest BCUT2D eigenvalue weighted by Crippen LogP contribution is -2.41. The molecular formula is C14H10N2O4. The number of nitrogens with two attached hydrogens (primary N) is 1. The van der Waals surface area contributed by atoms with Gasteiger partial charge in [-0.3, -0.25) is 9.59 Å². The van der Waals surface area contributed by atoms with E-state index in [9.17, 15) is 14.4 Å². The Kier molecular flexibility index (Phi) is 2.47. The molecule has 3 rings (SSSR count). The number of carbonyl (C=O) groups excluding carboxylic acids is 3. The minimum atomic E-state index is -0.738. The van der Waals surface area contributed by atoms with E-state index in [0.29, 0.717) is 21.5 Å². The maximum atomic E-state index is 12.2. The number of nitrogens with zero attached hydrogens (tertiary/aromatic N) is 1. The van der Waals surface area contributed by atoms with E-state index in [1.165, 1.54) is 6.07 Å². The van der Waals surface area contributed by atoms with Gasteiger partial charge in [0.15, 0.2) is 0 Å². The number of hydrogen-bond donors (Lipinski definition) is 1. The fourth-order valence-electron chi connectivity index (χ4n) is 2.31. The van der Waals surface area contributed by atoms with Gasteiger partial charge in [-0.1, -0.05) is 17.2 Å². The van der Waals surface area contributed by atoms with Crippen LogP contribution in [0.5, 0.6) is 0 Å². The van der Waals surface area contributed by atoms with E-state index in [4.69, 9.17) is 10.6 Å². The Morgan fingerprint density at radius 2 is 1.75 bits per heavy atom. The molecule has 0 fully saturated rings. The van der Waals surface area contributed by atoms with Gasteiger partial charge in [-0.2, -0.15) is 0 Å². The summed E-state index contributed by atoms with van der Waals surface area (Å²) in [6, 6.07) is 8.07. The van der Waals surface area contributed by atoms with E-state index < -0.39 is 17.8 Å². The van der Waals surface area contributed by atoms with Crippen LogP contribution in [0, 0.1) is 0 Å². The van der Waals surface area contributed by atoms with Crippen molar-refractivity contribution < 1.29 is 19.2 Å². The monoisotopic (exact) mass is 270 g/mol. The van der Waals surface area contributed by atoms with Gasteiger partial charge in [0.1, 0.15) is 0 Å². The zero-order chi connectivity index (χ0) is 14.4. The Balaban J connectivity index is 2.31. The van der Waals surface area contributed by atoms with Crippen molar-refractivity contribution in [1.82, 2.24) is 5.06 Å². The van der Waals surface area contributed by atoms with E-state index >= 15 is 0 Å².